The SMILES string of the molecule is CCCCCCP(=O)(C/C(=C/C1CCCCC1)C(=O)O)OCC. The Bertz CT molecular complexity index is 425. The highest BCUT2D eigenvalue weighted by molar-refractivity contribution is 7.59. The number of carboxylic acid groups (broad SMARTS) is 1. The number of hydrogen-bond acceptors (Lipinski definition) is 3. The molecule has 1 N–H and O–H groups in total. The summed E-state index contributed by atoms with van der Waals surface area (Å²) in [7, 11) is -2.89. The molecule has 0 amide bonds. The molecule has 1 atom stereocenters. The maximum absolute atomic E-state index is 13.0. The Morgan fingerprint density at radius 3 is 2.43 bits per heavy atom. The summed E-state index contributed by atoms with van der Waals surface area (Å²) in [6.07, 6.45) is 12.2. The normalized spacial score (nSPS) is 19.5. The lowest BCUT2D eigenvalue weighted by Gasteiger charge is -2.21. The van der Waals surface area contributed by atoms with Crippen molar-refractivity contribution in [2.24, 2.45) is 5.92 Å². The van der Waals surface area contributed by atoms with Gasteiger partial charge in [-0.15, -0.1) is 0 Å². The molecule has 0 aromatic rings. The molecule has 0 aromatic heterocycles. The minimum Gasteiger partial charge on any atom is -0.478 e. The Morgan fingerprint density at radius 1 is 1.17 bits per heavy atom. The number of carbonyl (C=O) groups is 1. The predicted molar refractivity (Wildman–Crippen MR) is 95.4 cm³/mol. The first-order valence-corrected chi connectivity index (χ1v) is 11.2. The number of carboxylic acids is 1. The van der Waals surface area contributed by atoms with E-state index in [1.807, 2.05) is 13.0 Å². The highest BCUT2D eigenvalue weighted by atomic mass is 31.2. The van der Waals surface area contributed by atoms with Crippen molar-refractivity contribution in [1.82, 2.24) is 0 Å². The fourth-order valence-electron chi connectivity index (χ4n) is 3.24. The van der Waals surface area contributed by atoms with Gasteiger partial charge in [-0.1, -0.05) is 51.5 Å². The van der Waals surface area contributed by atoms with Crippen molar-refractivity contribution < 1.29 is 19.0 Å². The lowest BCUT2D eigenvalue weighted by molar-refractivity contribution is -0.132. The van der Waals surface area contributed by atoms with Gasteiger partial charge < -0.3 is 9.63 Å². The first kappa shape index (κ1) is 20.4. The average Bonchev–Trinajstić information content (AvgIpc) is 2.52. The van der Waals surface area contributed by atoms with Gasteiger partial charge in [0.2, 0.25) is 7.37 Å². The van der Waals surface area contributed by atoms with Crippen LogP contribution in [-0.2, 0) is 13.9 Å². The van der Waals surface area contributed by atoms with Gasteiger partial charge in [-0.05, 0) is 32.1 Å². The van der Waals surface area contributed by atoms with Crippen LogP contribution in [0.5, 0.6) is 0 Å². The van der Waals surface area contributed by atoms with Crippen molar-refractivity contribution in [1.29, 1.82) is 0 Å². The van der Waals surface area contributed by atoms with Gasteiger partial charge in [-0.2, -0.15) is 0 Å². The molecule has 23 heavy (non-hydrogen) atoms. The second-order valence-corrected chi connectivity index (χ2v) is 9.22. The third kappa shape index (κ3) is 8.17. The van der Waals surface area contributed by atoms with E-state index in [0.29, 0.717) is 24.3 Å². The Labute approximate surface area is 141 Å². The largest absolute Gasteiger partial charge is 0.478 e. The van der Waals surface area contributed by atoms with Crippen LogP contribution in [0.3, 0.4) is 0 Å². The van der Waals surface area contributed by atoms with Crippen LogP contribution in [0.25, 0.3) is 0 Å². The van der Waals surface area contributed by atoms with Gasteiger partial charge in [0.15, 0.2) is 0 Å². The van der Waals surface area contributed by atoms with Gasteiger partial charge in [0.05, 0.1) is 12.8 Å². The second kappa shape index (κ2) is 11.0. The fourth-order valence-corrected chi connectivity index (χ4v) is 5.55. The van der Waals surface area contributed by atoms with Crippen LogP contribution in [0.15, 0.2) is 11.6 Å². The van der Waals surface area contributed by atoms with Crippen molar-refractivity contribution in [3.63, 3.8) is 0 Å². The van der Waals surface area contributed by atoms with Crippen molar-refractivity contribution in [2.75, 3.05) is 18.9 Å². The first-order chi connectivity index (χ1) is 11.0. The molecule has 1 aliphatic rings. The minimum absolute atomic E-state index is 0.0821. The van der Waals surface area contributed by atoms with Crippen LogP contribution in [0.1, 0.15) is 71.6 Å². The van der Waals surface area contributed by atoms with Gasteiger partial charge in [0.1, 0.15) is 0 Å². The maximum Gasteiger partial charge on any atom is 0.331 e. The van der Waals surface area contributed by atoms with E-state index < -0.39 is 13.3 Å². The number of rotatable bonds is 11. The Morgan fingerprint density at radius 2 is 1.87 bits per heavy atom. The molecule has 1 fully saturated rings. The van der Waals surface area contributed by atoms with E-state index >= 15 is 0 Å². The molecule has 134 valence electrons. The monoisotopic (exact) mass is 344 g/mol. The standard InChI is InChI=1S/C18H33O4P/c1-3-5-6-10-13-23(21,22-4-2)15-17(18(19)20)14-16-11-8-7-9-12-16/h14,16H,3-13,15H2,1-2H3,(H,19,20)/b17-14-. The zero-order valence-corrected chi connectivity index (χ0v) is 15.7. The van der Waals surface area contributed by atoms with Gasteiger partial charge >= 0.3 is 5.97 Å². The third-order valence-electron chi connectivity index (χ3n) is 4.49. The highest BCUT2D eigenvalue weighted by Gasteiger charge is 2.27. The van der Waals surface area contributed by atoms with Crippen LogP contribution >= 0.6 is 7.37 Å². The van der Waals surface area contributed by atoms with Crippen molar-refractivity contribution in [2.45, 2.75) is 71.6 Å². The van der Waals surface area contributed by atoms with Gasteiger partial charge in [-0.3, -0.25) is 4.57 Å². The van der Waals surface area contributed by atoms with Gasteiger partial charge in [0, 0.05) is 11.7 Å². The van der Waals surface area contributed by atoms with E-state index in [-0.39, 0.29) is 6.16 Å². The molecule has 0 bridgehead atoms. The van der Waals surface area contributed by atoms with Crippen molar-refractivity contribution in [3.8, 4) is 0 Å². The second-order valence-electron chi connectivity index (χ2n) is 6.57. The molecule has 4 nitrogen and oxygen atoms in total. The summed E-state index contributed by atoms with van der Waals surface area (Å²) < 4.78 is 18.5. The topological polar surface area (TPSA) is 63.6 Å². The molecular weight excluding hydrogens is 311 g/mol. The molecule has 0 aromatic carbocycles. The summed E-state index contributed by atoms with van der Waals surface area (Å²) in [5.41, 5.74) is 0.296. The molecule has 1 aliphatic carbocycles. The fraction of sp³-hybridized carbons (Fsp3) is 0.833. The molecule has 0 heterocycles. The number of aliphatic carboxylic acids is 1. The average molecular weight is 344 g/mol. The summed E-state index contributed by atoms with van der Waals surface area (Å²) in [6, 6.07) is 0. The van der Waals surface area contributed by atoms with E-state index in [1.54, 1.807) is 0 Å². The quantitative estimate of drug-likeness (QED) is 0.306. The predicted octanol–water partition coefficient (Wildman–Crippen LogP) is 5.47. The molecule has 1 unspecified atom stereocenters. The zero-order valence-electron chi connectivity index (χ0n) is 14.8. The summed E-state index contributed by atoms with van der Waals surface area (Å²) in [5.74, 6) is -0.617. The van der Waals surface area contributed by atoms with Gasteiger partial charge in [0.25, 0.3) is 0 Å². The molecule has 1 rings (SSSR count). The molecule has 0 radical (unpaired) electrons. The summed E-state index contributed by atoms with van der Waals surface area (Å²) in [4.78, 5) is 11.6. The summed E-state index contributed by atoms with van der Waals surface area (Å²) in [5, 5.41) is 9.50. The highest BCUT2D eigenvalue weighted by Crippen LogP contribution is 2.49. The number of allylic oxidation sites excluding steroid dienone is 1. The maximum atomic E-state index is 13.0. The number of unbranched alkanes of at least 4 members (excludes halogenated alkanes) is 3. The smallest absolute Gasteiger partial charge is 0.331 e. The minimum atomic E-state index is -2.89. The van der Waals surface area contributed by atoms with E-state index in [4.69, 9.17) is 4.52 Å². The van der Waals surface area contributed by atoms with E-state index in [9.17, 15) is 14.5 Å². The molecule has 5 heteroatoms. The number of hydrogen-bond donors (Lipinski definition) is 1. The zero-order chi connectivity index (χ0) is 17.1. The van der Waals surface area contributed by atoms with Crippen LogP contribution < -0.4 is 0 Å². The molecule has 0 spiro atoms. The van der Waals surface area contributed by atoms with E-state index in [0.717, 1.165) is 51.4 Å². The summed E-state index contributed by atoms with van der Waals surface area (Å²) in [6.45, 7) is 4.34. The van der Waals surface area contributed by atoms with Crippen LogP contribution in [0, 0.1) is 5.92 Å². The van der Waals surface area contributed by atoms with Crippen LogP contribution in [0.2, 0.25) is 0 Å². The lowest BCUT2D eigenvalue weighted by atomic mass is 9.88. The van der Waals surface area contributed by atoms with Crippen LogP contribution in [0.4, 0.5) is 0 Å². The Kier molecular flexibility index (Phi) is 9.81. The van der Waals surface area contributed by atoms with Gasteiger partial charge in [-0.25, -0.2) is 4.79 Å². The Hall–Kier alpha value is -0.600. The van der Waals surface area contributed by atoms with E-state index in [1.165, 1.54) is 6.42 Å². The molecular formula is C18H33O4P. The van der Waals surface area contributed by atoms with E-state index in [2.05, 4.69) is 6.92 Å². The molecule has 1 saturated carbocycles. The van der Waals surface area contributed by atoms with Crippen molar-refractivity contribution >= 4 is 13.3 Å². The summed E-state index contributed by atoms with van der Waals surface area (Å²) >= 11 is 0. The van der Waals surface area contributed by atoms with Crippen LogP contribution in [-0.4, -0.2) is 30.0 Å². The lowest BCUT2D eigenvalue weighted by Crippen LogP contribution is -2.13. The Balaban J connectivity index is 2.73. The third-order valence-corrected chi connectivity index (χ3v) is 7.04. The van der Waals surface area contributed by atoms with Crippen molar-refractivity contribution in [3.05, 3.63) is 11.6 Å². The first-order valence-electron chi connectivity index (χ1n) is 9.17. The molecule has 0 saturated heterocycles. The molecule has 0 aliphatic heterocycles.